The summed E-state index contributed by atoms with van der Waals surface area (Å²) >= 11 is 1.62. The summed E-state index contributed by atoms with van der Waals surface area (Å²) in [5.41, 5.74) is 6.85. The van der Waals surface area contributed by atoms with Gasteiger partial charge in [-0.25, -0.2) is 0 Å². The molecular formula is C10H13NO2S. The van der Waals surface area contributed by atoms with E-state index in [0.29, 0.717) is 5.75 Å². The second kappa shape index (κ2) is 3.81. The van der Waals surface area contributed by atoms with Crippen LogP contribution in [0.5, 0.6) is 5.75 Å². The highest BCUT2D eigenvalue weighted by Gasteiger charge is 2.28. The lowest BCUT2D eigenvalue weighted by Gasteiger charge is -2.28. The standard InChI is InChI=1S/C10H13NO2S/c1-13-7-3-2-4-8-9(7)10(11)6(12)5-14-8/h2-4,6,10,12H,5,11H2,1H3. The molecule has 0 bridgehead atoms. The van der Waals surface area contributed by atoms with Crippen LogP contribution >= 0.6 is 11.8 Å². The Morgan fingerprint density at radius 3 is 3.07 bits per heavy atom. The molecule has 2 rings (SSSR count). The predicted molar refractivity (Wildman–Crippen MR) is 56.7 cm³/mol. The van der Waals surface area contributed by atoms with Crippen LogP contribution in [0.3, 0.4) is 0 Å². The molecule has 1 aromatic carbocycles. The maximum absolute atomic E-state index is 9.64. The van der Waals surface area contributed by atoms with Gasteiger partial charge in [0.05, 0.1) is 19.3 Å². The molecule has 1 aliphatic heterocycles. The van der Waals surface area contributed by atoms with Crippen molar-refractivity contribution in [3.8, 4) is 5.75 Å². The molecule has 0 radical (unpaired) electrons. The van der Waals surface area contributed by atoms with E-state index in [1.807, 2.05) is 18.2 Å². The van der Waals surface area contributed by atoms with E-state index >= 15 is 0 Å². The molecule has 2 atom stereocenters. The van der Waals surface area contributed by atoms with Crippen LogP contribution < -0.4 is 10.5 Å². The third-order valence-electron chi connectivity index (χ3n) is 2.40. The van der Waals surface area contributed by atoms with Crippen molar-refractivity contribution in [1.82, 2.24) is 0 Å². The van der Waals surface area contributed by atoms with Crippen LogP contribution in [-0.2, 0) is 0 Å². The molecule has 0 aromatic heterocycles. The van der Waals surface area contributed by atoms with Crippen molar-refractivity contribution in [3.63, 3.8) is 0 Å². The van der Waals surface area contributed by atoms with E-state index in [0.717, 1.165) is 16.2 Å². The van der Waals surface area contributed by atoms with Gasteiger partial charge in [-0.05, 0) is 12.1 Å². The first-order valence-corrected chi connectivity index (χ1v) is 5.46. The highest BCUT2D eigenvalue weighted by atomic mass is 32.2. The van der Waals surface area contributed by atoms with E-state index in [9.17, 15) is 5.11 Å². The van der Waals surface area contributed by atoms with E-state index in [1.54, 1.807) is 18.9 Å². The molecule has 3 nitrogen and oxygen atoms in total. The van der Waals surface area contributed by atoms with E-state index in [4.69, 9.17) is 10.5 Å². The lowest BCUT2D eigenvalue weighted by atomic mass is 10.0. The van der Waals surface area contributed by atoms with E-state index in [-0.39, 0.29) is 6.04 Å². The topological polar surface area (TPSA) is 55.5 Å². The van der Waals surface area contributed by atoms with Gasteiger partial charge in [-0.1, -0.05) is 6.07 Å². The van der Waals surface area contributed by atoms with Crippen LogP contribution in [0.15, 0.2) is 23.1 Å². The lowest BCUT2D eigenvalue weighted by Crippen LogP contribution is -2.31. The first kappa shape index (κ1) is 9.83. The van der Waals surface area contributed by atoms with E-state index in [2.05, 4.69) is 0 Å². The van der Waals surface area contributed by atoms with Crippen molar-refractivity contribution in [3.05, 3.63) is 23.8 Å². The van der Waals surface area contributed by atoms with Crippen molar-refractivity contribution in [2.45, 2.75) is 17.0 Å². The number of aliphatic hydroxyl groups is 1. The van der Waals surface area contributed by atoms with Crippen LogP contribution in [0.25, 0.3) is 0 Å². The van der Waals surface area contributed by atoms with Crippen molar-refractivity contribution >= 4 is 11.8 Å². The number of thioether (sulfide) groups is 1. The molecule has 0 spiro atoms. The molecule has 0 saturated carbocycles. The van der Waals surface area contributed by atoms with Crippen molar-refractivity contribution in [2.24, 2.45) is 5.73 Å². The summed E-state index contributed by atoms with van der Waals surface area (Å²) in [5.74, 6) is 1.42. The first-order chi connectivity index (χ1) is 6.74. The van der Waals surface area contributed by atoms with Gasteiger partial charge in [0.15, 0.2) is 0 Å². The molecule has 1 heterocycles. The predicted octanol–water partition coefficient (Wildman–Crippen LogP) is 1.16. The summed E-state index contributed by atoms with van der Waals surface area (Å²) in [6.07, 6.45) is -0.483. The fourth-order valence-electron chi connectivity index (χ4n) is 1.63. The summed E-state index contributed by atoms with van der Waals surface area (Å²) in [6.45, 7) is 0. The smallest absolute Gasteiger partial charge is 0.124 e. The van der Waals surface area contributed by atoms with Crippen LogP contribution in [0.1, 0.15) is 11.6 Å². The number of rotatable bonds is 1. The quantitative estimate of drug-likeness (QED) is 0.732. The molecule has 0 aliphatic carbocycles. The highest BCUT2D eigenvalue weighted by molar-refractivity contribution is 7.99. The fourth-order valence-corrected chi connectivity index (χ4v) is 2.75. The van der Waals surface area contributed by atoms with Gasteiger partial charge in [-0.2, -0.15) is 0 Å². The number of ether oxygens (including phenoxy) is 1. The van der Waals surface area contributed by atoms with Gasteiger partial charge >= 0.3 is 0 Å². The Balaban J connectivity index is 2.49. The second-order valence-corrected chi connectivity index (χ2v) is 4.34. The van der Waals surface area contributed by atoms with Crippen LogP contribution in [0.2, 0.25) is 0 Å². The van der Waals surface area contributed by atoms with Gasteiger partial charge in [-0.3, -0.25) is 0 Å². The number of aliphatic hydroxyl groups excluding tert-OH is 1. The van der Waals surface area contributed by atoms with Gasteiger partial charge < -0.3 is 15.6 Å². The maximum Gasteiger partial charge on any atom is 0.124 e. The van der Waals surface area contributed by atoms with Crippen molar-refractivity contribution in [2.75, 3.05) is 12.9 Å². The average Bonchev–Trinajstić information content (AvgIpc) is 2.23. The average molecular weight is 211 g/mol. The minimum absolute atomic E-state index is 0.331. The van der Waals surface area contributed by atoms with Crippen molar-refractivity contribution < 1.29 is 9.84 Å². The van der Waals surface area contributed by atoms with E-state index < -0.39 is 6.10 Å². The van der Waals surface area contributed by atoms with Gasteiger partial charge in [0, 0.05) is 16.2 Å². The number of nitrogens with two attached hydrogens (primary N) is 1. The van der Waals surface area contributed by atoms with Crippen LogP contribution in [-0.4, -0.2) is 24.1 Å². The molecular weight excluding hydrogens is 198 g/mol. The zero-order valence-electron chi connectivity index (χ0n) is 7.93. The lowest BCUT2D eigenvalue weighted by molar-refractivity contribution is 0.163. The Morgan fingerprint density at radius 1 is 1.57 bits per heavy atom. The molecule has 1 aliphatic rings. The van der Waals surface area contributed by atoms with E-state index in [1.165, 1.54) is 0 Å². The number of hydrogen-bond donors (Lipinski definition) is 2. The zero-order chi connectivity index (χ0) is 10.1. The normalized spacial score (nSPS) is 25.6. The minimum Gasteiger partial charge on any atom is -0.496 e. The monoisotopic (exact) mass is 211 g/mol. The van der Waals surface area contributed by atoms with Crippen LogP contribution in [0.4, 0.5) is 0 Å². The Bertz CT molecular complexity index is 329. The summed E-state index contributed by atoms with van der Waals surface area (Å²) in [6, 6.07) is 5.49. The fraction of sp³-hybridized carbons (Fsp3) is 0.400. The maximum atomic E-state index is 9.64. The summed E-state index contributed by atoms with van der Waals surface area (Å²) in [7, 11) is 1.62. The molecule has 4 heteroatoms. The van der Waals surface area contributed by atoms with Crippen LogP contribution in [0, 0.1) is 0 Å². The minimum atomic E-state index is -0.483. The molecule has 76 valence electrons. The molecule has 2 unspecified atom stereocenters. The second-order valence-electron chi connectivity index (χ2n) is 3.28. The Hall–Kier alpha value is -0.710. The molecule has 3 N–H and O–H groups in total. The number of benzene rings is 1. The Labute approximate surface area is 87.3 Å². The van der Waals surface area contributed by atoms with Gasteiger partial charge in [0.25, 0.3) is 0 Å². The Morgan fingerprint density at radius 2 is 2.36 bits per heavy atom. The summed E-state index contributed by atoms with van der Waals surface area (Å²) in [5, 5.41) is 9.64. The van der Waals surface area contributed by atoms with Crippen molar-refractivity contribution in [1.29, 1.82) is 0 Å². The first-order valence-electron chi connectivity index (χ1n) is 4.47. The third-order valence-corrected chi connectivity index (χ3v) is 3.58. The number of methoxy groups -OCH3 is 1. The van der Waals surface area contributed by atoms with Gasteiger partial charge in [0.1, 0.15) is 5.75 Å². The molecule has 1 aromatic rings. The SMILES string of the molecule is COc1cccc2c1C(N)C(O)CS2. The van der Waals surface area contributed by atoms with Gasteiger partial charge in [-0.15, -0.1) is 11.8 Å². The number of hydrogen-bond acceptors (Lipinski definition) is 4. The largest absolute Gasteiger partial charge is 0.496 e. The molecule has 0 fully saturated rings. The summed E-state index contributed by atoms with van der Waals surface area (Å²) in [4.78, 5) is 1.11. The highest BCUT2D eigenvalue weighted by Crippen LogP contribution is 2.40. The third kappa shape index (κ3) is 1.49. The molecule has 0 saturated heterocycles. The Kier molecular flexibility index (Phi) is 2.67. The molecule has 0 amide bonds. The molecule has 14 heavy (non-hydrogen) atoms. The number of fused-ring (bicyclic) bond motifs is 1. The zero-order valence-corrected chi connectivity index (χ0v) is 8.75. The summed E-state index contributed by atoms with van der Waals surface area (Å²) < 4.78 is 5.23. The van der Waals surface area contributed by atoms with Gasteiger partial charge in [0.2, 0.25) is 0 Å².